The summed E-state index contributed by atoms with van der Waals surface area (Å²) in [5.41, 5.74) is 1.69. The predicted octanol–water partition coefficient (Wildman–Crippen LogP) is 2.24. The van der Waals surface area contributed by atoms with E-state index in [1.165, 1.54) is 0 Å². The topological polar surface area (TPSA) is 54.4 Å². The van der Waals surface area contributed by atoms with E-state index < -0.39 is 21.2 Å². The Morgan fingerprint density at radius 3 is 2.41 bits per heavy atom. The minimum absolute atomic E-state index is 0.0639. The first-order chi connectivity index (χ1) is 7.92. The van der Waals surface area contributed by atoms with Crippen LogP contribution in [-0.4, -0.2) is 24.5 Å². The fourth-order valence-corrected chi connectivity index (χ4v) is 3.44. The van der Waals surface area contributed by atoms with Gasteiger partial charge in [-0.1, -0.05) is 43.7 Å². The van der Waals surface area contributed by atoms with Crippen LogP contribution in [0.15, 0.2) is 24.3 Å². The Morgan fingerprint density at radius 1 is 1.29 bits per heavy atom. The Labute approximate surface area is 103 Å². The molecule has 0 aliphatic rings. The van der Waals surface area contributed by atoms with Gasteiger partial charge in [0, 0.05) is 5.75 Å². The van der Waals surface area contributed by atoms with Gasteiger partial charge >= 0.3 is 0 Å². The van der Waals surface area contributed by atoms with Crippen LogP contribution in [0.4, 0.5) is 0 Å². The predicted molar refractivity (Wildman–Crippen MR) is 69.7 cm³/mol. The number of hydrogen-bond donors (Lipinski definition) is 1. The van der Waals surface area contributed by atoms with Gasteiger partial charge in [-0.05, 0) is 18.9 Å². The summed E-state index contributed by atoms with van der Waals surface area (Å²) < 4.78 is 23.7. The molecule has 1 rings (SSSR count). The molecule has 3 nitrogen and oxygen atoms in total. The van der Waals surface area contributed by atoms with E-state index in [0.29, 0.717) is 12.0 Å². The summed E-state index contributed by atoms with van der Waals surface area (Å²) in [6.45, 7) is 5.32. The van der Waals surface area contributed by atoms with Crippen molar-refractivity contribution >= 4 is 9.84 Å². The SMILES string of the molecule is CC[C@@H]([C@@H](O)c1cccc(C)c1)S(=O)(=O)CC. The van der Waals surface area contributed by atoms with Crippen molar-refractivity contribution in [3.8, 4) is 0 Å². The number of aryl methyl sites for hydroxylation is 1. The van der Waals surface area contributed by atoms with E-state index in [0.717, 1.165) is 5.56 Å². The molecule has 1 aromatic carbocycles. The van der Waals surface area contributed by atoms with E-state index >= 15 is 0 Å². The van der Waals surface area contributed by atoms with Crippen molar-refractivity contribution in [1.82, 2.24) is 0 Å². The molecule has 0 aliphatic heterocycles. The highest BCUT2D eigenvalue weighted by atomic mass is 32.2. The Kier molecular flexibility index (Phi) is 4.71. The largest absolute Gasteiger partial charge is 0.387 e. The highest BCUT2D eigenvalue weighted by Gasteiger charge is 2.30. The highest BCUT2D eigenvalue weighted by molar-refractivity contribution is 7.92. The average Bonchev–Trinajstić information content (AvgIpc) is 2.29. The molecular weight excluding hydrogens is 236 g/mol. The number of aliphatic hydroxyl groups excluding tert-OH is 1. The van der Waals surface area contributed by atoms with Gasteiger partial charge in [0.2, 0.25) is 0 Å². The Balaban J connectivity index is 3.06. The minimum Gasteiger partial charge on any atom is -0.387 e. The molecule has 1 N–H and O–H groups in total. The second-order valence-electron chi connectivity index (χ2n) is 4.26. The molecule has 4 heteroatoms. The maximum atomic E-state index is 11.9. The van der Waals surface area contributed by atoms with Crippen molar-refractivity contribution < 1.29 is 13.5 Å². The Hall–Kier alpha value is -0.870. The third-order valence-electron chi connectivity index (χ3n) is 3.00. The average molecular weight is 256 g/mol. The molecule has 2 atom stereocenters. The third kappa shape index (κ3) is 3.30. The molecule has 0 radical (unpaired) electrons. The van der Waals surface area contributed by atoms with Crippen LogP contribution in [0.5, 0.6) is 0 Å². The summed E-state index contributed by atoms with van der Waals surface area (Å²) in [7, 11) is -3.22. The molecule has 0 saturated heterocycles. The number of aliphatic hydroxyl groups is 1. The molecule has 0 saturated carbocycles. The maximum Gasteiger partial charge on any atom is 0.155 e. The van der Waals surface area contributed by atoms with Gasteiger partial charge < -0.3 is 5.11 Å². The van der Waals surface area contributed by atoms with Crippen LogP contribution < -0.4 is 0 Å². The molecule has 0 heterocycles. The lowest BCUT2D eigenvalue weighted by Gasteiger charge is -2.21. The van der Waals surface area contributed by atoms with Gasteiger partial charge in [0.05, 0.1) is 11.4 Å². The fourth-order valence-electron chi connectivity index (χ4n) is 1.96. The lowest BCUT2D eigenvalue weighted by Crippen LogP contribution is -2.29. The number of sulfone groups is 1. The summed E-state index contributed by atoms with van der Waals surface area (Å²) in [6, 6.07) is 7.36. The zero-order valence-electron chi connectivity index (χ0n) is 10.6. The maximum absolute atomic E-state index is 11.9. The lowest BCUT2D eigenvalue weighted by atomic mass is 10.0. The van der Waals surface area contributed by atoms with Crippen LogP contribution in [0.25, 0.3) is 0 Å². The second-order valence-corrected chi connectivity index (χ2v) is 6.77. The van der Waals surface area contributed by atoms with Crippen LogP contribution in [0, 0.1) is 6.92 Å². The second kappa shape index (κ2) is 5.65. The first-order valence-corrected chi connectivity index (χ1v) is 7.60. The van der Waals surface area contributed by atoms with Crippen molar-refractivity contribution in [3.63, 3.8) is 0 Å². The molecule has 96 valence electrons. The summed E-state index contributed by atoms with van der Waals surface area (Å²) >= 11 is 0. The minimum atomic E-state index is -3.22. The standard InChI is InChI=1S/C13H20O3S/c1-4-12(17(15,16)5-2)13(14)11-8-6-7-10(3)9-11/h6-9,12-14H,4-5H2,1-3H3/t12-,13-/m0/s1. The molecule has 0 unspecified atom stereocenters. The van der Waals surface area contributed by atoms with Crippen molar-refractivity contribution in [2.24, 2.45) is 0 Å². The Morgan fingerprint density at radius 2 is 1.94 bits per heavy atom. The van der Waals surface area contributed by atoms with Crippen molar-refractivity contribution in [2.75, 3.05) is 5.75 Å². The van der Waals surface area contributed by atoms with E-state index in [1.807, 2.05) is 25.1 Å². The summed E-state index contributed by atoms with van der Waals surface area (Å²) in [5, 5.41) is 9.48. The molecular formula is C13H20O3S. The van der Waals surface area contributed by atoms with Crippen LogP contribution >= 0.6 is 0 Å². The van der Waals surface area contributed by atoms with Gasteiger partial charge in [-0.2, -0.15) is 0 Å². The van der Waals surface area contributed by atoms with Gasteiger partial charge in [-0.25, -0.2) is 8.42 Å². The molecule has 17 heavy (non-hydrogen) atoms. The molecule has 0 aromatic heterocycles. The van der Waals surface area contributed by atoms with Crippen LogP contribution in [-0.2, 0) is 9.84 Å². The highest BCUT2D eigenvalue weighted by Crippen LogP contribution is 2.25. The van der Waals surface area contributed by atoms with E-state index in [9.17, 15) is 13.5 Å². The first-order valence-electron chi connectivity index (χ1n) is 5.88. The van der Waals surface area contributed by atoms with E-state index in [2.05, 4.69) is 0 Å². The number of benzene rings is 1. The number of hydrogen-bond acceptors (Lipinski definition) is 3. The Bertz CT molecular complexity index is 465. The van der Waals surface area contributed by atoms with E-state index in [1.54, 1.807) is 19.9 Å². The van der Waals surface area contributed by atoms with E-state index in [-0.39, 0.29) is 5.75 Å². The molecule has 0 amide bonds. The summed E-state index contributed by atoms with van der Waals surface area (Å²) in [4.78, 5) is 0. The summed E-state index contributed by atoms with van der Waals surface area (Å²) in [6.07, 6.45) is -0.518. The van der Waals surface area contributed by atoms with Crippen LogP contribution in [0.3, 0.4) is 0 Å². The van der Waals surface area contributed by atoms with Crippen molar-refractivity contribution in [3.05, 3.63) is 35.4 Å². The quantitative estimate of drug-likeness (QED) is 0.879. The third-order valence-corrected chi connectivity index (χ3v) is 5.32. The zero-order valence-corrected chi connectivity index (χ0v) is 11.4. The molecule has 0 bridgehead atoms. The molecule has 0 fully saturated rings. The molecule has 1 aromatic rings. The van der Waals surface area contributed by atoms with Gasteiger partial charge in [0.1, 0.15) is 0 Å². The van der Waals surface area contributed by atoms with Crippen LogP contribution in [0.2, 0.25) is 0 Å². The fraction of sp³-hybridized carbons (Fsp3) is 0.538. The van der Waals surface area contributed by atoms with Crippen molar-refractivity contribution in [2.45, 2.75) is 38.5 Å². The van der Waals surface area contributed by atoms with Gasteiger partial charge in [0.15, 0.2) is 9.84 Å². The first kappa shape index (κ1) is 14.2. The lowest BCUT2D eigenvalue weighted by molar-refractivity contribution is 0.169. The monoisotopic (exact) mass is 256 g/mol. The zero-order chi connectivity index (χ0) is 13.1. The van der Waals surface area contributed by atoms with Gasteiger partial charge in [0.25, 0.3) is 0 Å². The van der Waals surface area contributed by atoms with Crippen LogP contribution in [0.1, 0.15) is 37.5 Å². The van der Waals surface area contributed by atoms with Crippen molar-refractivity contribution in [1.29, 1.82) is 0 Å². The molecule has 0 aliphatic carbocycles. The molecule has 0 spiro atoms. The normalized spacial score (nSPS) is 15.5. The van der Waals surface area contributed by atoms with Gasteiger partial charge in [-0.3, -0.25) is 0 Å². The van der Waals surface area contributed by atoms with Gasteiger partial charge in [-0.15, -0.1) is 0 Å². The number of rotatable bonds is 5. The van der Waals surface area contributed by atoms with E-state index in [4.69, 9.17) is 0 Å². The summed E-state index contributed by atoms with van der Waals surface area (Å²) in [5.74, 6) is 0.0639. The smallest absolute Gasteiger partial charge is 0.155 e.